The summed E-state index contributed by atoms with van der Waals surface area (Å²) in [7, 11) is 1.62. The fourth-order valence-electron chi connectivity index (χ4n) is 2.49. The van der Waals surface area contributed by atoms with E-state index in [2.05, 4.69) is 36.5 Å². The highest BCUT2D eigenvalue weighted by Crippen LogP contribution is 2.19. The zero-order chi connectivity index (χ0) is 18.8. The molecule has 0 aromatic heterocycles. The van der Waals surface area contributed by atoms with Gasteiger partial charge in [-0.2, -0.15) is 11.8 Å². The molecule has 0 heterocycles. The molecular weight excluding hydrogens is 346 g/mol. The van der Waals surface area contributed by atoms with Crippen molar-refractivity contribution in [2.45, 2.75) is 32.1 Å². The summed E-state index contributed by atoms with van der Waals surface area (Å²) < 4.78 is 10.9. The Morgan fingerprint density at radius 3 is 2.54 bits per heavy atom. The lowest BCUT2D eigenvalue weighted by atomic mass is 10.2. The van der Waals surface area contributed by atoms with Gasteiger partial charge in [0.05, 0.1) is 7.11 Å². The number of ether oxygens (including phenoxy) is 2. The van der Waals surface area contributed by atoms with Crippen molar-refractivity contribution >= 4 is 17.7 Å². The number of rotatable bonds is 10. The van der Waals surface area contributed by atoms with Gasteiger partial charge in [-0.25, -0.2) is 0 Å². The van der Waals surface area contributed by atoms with Crippen LogP contribution in [0.4, 0.5) is 0 Å². The third kappa shape index (κ3) is 6.64. The number of methoxy groups -OCH3 is 1. The Balaban J connectivity index is 1.70. The van der Waals surface area contributed by atoms with E-state index >= 15 is 0 Å². The predicted octanol–water partition coefficient (Wildman–Crippen LogP) is 4.21. The van der Waals surface area contributed by atoms with Crippen molar-refractivity contribution in [3.8, 4) is 11.5 Å². The van der Waals surface area contributed by atoms with E-state index in [0.717, 1.165) is 17.3 Å². The molecular formula is C21H27NO3S. The minimum Gasteiger partial charge on any atom is -0.497 e. The average molecular weight is 374 g/mol. The predicted molar refractivity (Wildman–Crippen MR) is 108 cm³/mol. The van der Waals surface area contributed by atoms with Gasteiger partial charge in [0, 0.05) is 18.1 Å². The maximum absolute atomic E-state index is 12.3. The van der Waals surface area contributed by atoms with Crippen LogP contribution in [-0.4, -0.2) is 31.4 Å². The van der Waals surface area contributed by atoms with Crippen LogP contribution in [0.15, 0.2) is 48.5 Å². The molecule has 2 rings (SSSR count). The minimum atomic E-state index is -0.481. The molecule has 0 saturated heterocycles. The van der Waals surface area contributed by atoms with Crippen LogP contribution < -0.4 is 14.8 Å². The highest BCUT2D eigenvalue weighted by atomic mass is 32.2. The van der Waals surface area contributed by atoms with Crippen LogP contribution in [0, 0.1) is 6.92 Å². The molecule has 0 saturated carbocycles. The van der Waals surface area contributed by atoms with Gasteiger partial charge in [0.2, 0.25) is 0 Å². The Labute approximate surface area is 160 Å². The molecule has 0 aliphatic heterocycles. The molecule has 5 heteroatoms. The summed E-state index contributed by atoms with van der Waals surface area (Å²) in [6.07, 6.45) is 0.138. The molecule has 1 N–H and O–H groups in total. The van der Waals surface area contributed by atoms with Crippen LogP contribution in [0.3, 0.4) is 0 Å². The quantitative estimate of drug-likeness (QED) is 0.634. The summed E-state index contributed by atoms with van der Waals surface area (Å²) in [5.74, 6) is 3.19. The van der Waals surface area contributed by atoms with Gasteiger partial charge in [-0.05, 0) is 43.2 Å². The van der Waals surface area contributed by atoms with Gasteiger partial charge < -0.3 is 14.8 Å². The summed E-state index contributed by atoms with van der Waals surface area (Å²) in [6, 6.07) is 15.8. The first-order valence-electron chi connectivity index (χ1n) is 8.84. The number of carbonyl (C=O) groups excluding carboxylic acids is 1. The zero-order valence-corrected chi connectivity index (χ0v) is 16.5. The maximum Gasteiger partial charge on any atom is 0.261 e. The zero-order valence-electron chi connectivity index (χ0n) is 15.7. The van der Waals surface area contributed by atoms with Crippen LogP contribution in [-0.2, 0) is 10.5 Å². The second-order valence-electron chi connectivity index (χ2n) is 6.02. The number of carbonyl (C=O) groups is 1. The molecule has 4 nitrogen and oxygen atoms in total. The molecule has 0 spiro atoms. The number of hydrogen-bond donors (Lipinski definition) is 1. The molecule has 0 radical (unpaired) electrons. The summed E-state index contributed by atoms with van der Waals surface area (Å²) in [5, 5.41) is 2.96. The van der Waals surface area contributed by atoms with Crippen LogP contribution in [0.5, 0.6) is 11.5 Å². The SMILES string of the molecule is CC[C@H](Oc1ccc(OC)cc1)C(=O)NCCSCc1cccc(C)c1. The van der Waals surface area contributed by atoms with Crippen molar-refractivity contribution in [2.75, 3.05) is 19.4 Å². The van der Waals surface area contributed by atoms with Gasteiger partial charge in [0.15, 0.2) is 6.10 Å². The number of aryl methyl sites for hydroxylation is 1. The van der Waals surface area contributed by atoms with Crippen molar-refractivity contribution in [2.24, 2.45) is 0 Å². The van der Waals surface area contributed by atoms with Gasteiger partial charge in [-0.3, -0.25) is 4.79 Å². The van der Waals surface area contributed by atoms with E-state index in [-0.39, 0.29) is 5.91 Å². The standard InChI is InChI=1S/C21H27NO3S/c1-4-20(25-19-10-8-18(24-3)9-11-19)21(23)22-12-13-26-15-17-7-5-6-16(2)14-17/h5-11,14,20H,4,12-13,15H2,1-3H3,(H,22,23)/t20-/m0/s1. The highest BCUT2D eigenvalue weighted by molar-refractivity contribution is 7.98. The summed E-state index contributed by atoms with van der Waals surface area (Å²) >= 11 is 1.81. The number of amides is 1. The third-order valence-electron chi connectivity index (χ3n) is 3.90. The Kier molecular flexibility index (Phi) is 8.35. The molecule has 0 aliphatic carbocycles. The largest absolute Gasteiger partial charge is 0.497 e. The fraction of sp³-hybridized carbons (Fsp3) is 0.381. The minimum absolute atomic E-state index is 0.0699. The second-order valence-corrected chi connectivity index (χ2v) is 7.13. The molecule has 2 aromatic carbocycles. The van der Waals surface area contributed by atoms with Crippen molar-refractivity contribution in [1.29, 1.82) is 0 Å². The van der Waals surface area contributed by atoms with Crippen molar-refractivity contribution < 1.29 is 14.3 Å². The number of benzene rings is 2. The van der Waals surface area contributed by atoms with Crippen molar-refractivity contribution in [3.05, 3.63) is 59.7 Å². The van der Waals surface area contributed by atoms with E-state index in [9.17, 15) is 4.79 Å². The number of thioether (sulfide) groups is 1. The lowest BCUT2D eigenvalue weighted by molar-refractivity contribution is -0.127. The summed E-state index contributed by atoms with van der Waals surface area (Å²) in [6.45, 7) is 4.68. The van der Waals surface area contributed by atoms with Crippen LogP contribution in [0.25, 0.3) is 0 Å². The Morgan fingerprint density at radius 2 is 1.88 bits per heavy atom. The average Bonchev–Trinajstić information content (AvgIpc) is 2.66. The molecule has 1 atom stereocenters. The van der Waals surface area contributed by atoms with E-state index in [1.165, 1.54) is 11.1 Å². The molecule has 0 aliphatic rings. The summed E-state index contributed by atoms with van der Waals surface area (Å²) in [5.41, 5.74) is 2.59. The smallest absolute Gasteiger partial charge is 0.261 e. The fourth-order valence-corrected chi connectivity index (χ4v) is 3.30. The van der Waals surface area contributed by atoms with Gasteiger partial charge in [-0.1, -0.05) is 36.8 Å². The molecule has 26 heavy (non-hydrogen) atoms. The topological polar surface area (TPSA) is 47.6 Å². The Bertz CT molecular complexity index is 688. The van der Waals surface area contributed by atoms with E-state index in [0.29, 0.717) is 18.7 Å². The molecule has 0 bridgehead atoms. The maximum atomic E-state index is 12.3. The summed E-state index contributed by atoms with van der Waals surface area (Å²) in [4.78, 5) is 12.3. The van der Waals surface area contributed by atoms with Crippen molar-refractivity contribution in [3.63, 3.8) is 0 Å². The molecule has 0 fully saturated rings. The first-order valence-corrected chi connectivity index (χ1v) is 9.99. The Hall–Kier alpha value is -2.14. The third-order valence-corrected chi connectivity index (χ3v) is 4.93. The van der Waals surface area contributed by atoms with E-state index < -0.39 is 6.10 Å². The first kappa shape index (κ1) is 20.2. The van der Waals surface area contributed by atoms with E-state index in [4.69, 9.17) is 9.47 Å². The molecule has 1 amide bonds. The lowest BCUT2D eigenvalue weighted by Gasteiger charge is -2.17. The normalized spacial score (nSPS) is 11.7. The van der Waals surface area contributed by atoms with Gasteiger partial charge in [0.1, 0.15) is 11.5 Å². The number of hydrogen-bond acceptors (Lipinski definition) is 4. The van der Waals surface area contributed by atoms with Crippen LogP contribution in [0.2, 0.25) is 0 Å². The Morgan fingerprint density at radius 1 is 1.15 bits per heavy atom. The molecule has 140 valence electrons. The van der Waals surface area contributed by atoms with Crippen LogP contribution in [0.1, 0.15) is 24.5 Å². The second kappa shape index (κ2) is 10.8. The first-order chi connectivity index (χ1) is 12.6. The molecule has 2 aromatic rings. The van der Waals surface area contributed by atoms with E-state index in [1.54, 1.807) is 7.11 Å². The molecule has 0 unspecified atom stereocenters. The van der Waals surface area contributed by atoms with Gasteiger partial charge >= 0.3 is 0 Å². The van der Waals surface area contributed by atoms with Gasteiger partial charge in [0.25, 0.3) is 5.91 Å². The highest BCUT2D eigenvalue weighted by Gasteiger charge is 2.17. The van der Waals surface area contributed by atoms with Crippen LogP contribution >= 0.6 is 11.8 Å². The van der Waals surface area contributed by atoms with Gasteiger partial charge in [-0.15, -0.1) is 0 Å². The lowest BCUT2D eigenvalue weighted by Crippen LogP contribution is -2.39. The number of nitrogens with one attached hydrogen (secondary N) is 1. The van der Waals surface area contributed by atoms with E-state index in [1.807, 2.05) is 43.0 Å². The van der Waals surface area contributed by atoms with Crippen molar-refractivity contribution in [1.82, 2.24) is 5.32 Å². The monoisotopic (exact) mass is 373 g/mol.